The van der Waals surface area contributed by atoms with Gasteiger partial charge < -0.3 is 10.1 Å². The summed E-state index contributed by atoms with van der Waals surface area (Å²) in [6, 6.07) is 24.7. The molecule has 0 spiro atoms. The van der Waals surface area contributed by atoms with Gasteiger partial charge >= 0.3 is 0 Å². The highest BCUT2D eigenvalue weighted by molar-refractivity contribution is 7.89. The molecule has 0 aliphatic carbocycles. The van der Waals surface area contributed by atoms with E-state index < -0.39 is 22.0 Å². The minimum Gasteiger partial charge on any atom is -0.497 e. The molecule has 1 amide bonds. The second kappa shape index (κ2) is 10.7. The summed E-state index contributed by atoms with van der Waals surface area (Å²) in [6.45, 7) is 3.31. The molecular weight excluding hydrogens is 424 g/mol. The van der Waals surface area contributed by atoms with E-state index in [0.29, 0.717) is 5.75 Å². The van der Waals surface area contributed by atoms with E-state index in [4.69, 9.17) is 4.74 Å². The standard InChI is InChI=1S/C25H26N2O4S/c1-3-18-27(32(29,30)23-16-14-22(31-2)15-17-23)19-24(28)26-25(20-10-6-4-7-11-20)21-12-8-5-9-13-21/h3-17,25H,1,18-19H2,2H3,(H,26,28). The summed E-state index contributed by atoms with van der Waals surface area (Å²) < 4.78 is 32.5. The first-order valence-electron chi connectivity index (χ1n) is 10.1. The average molecular weight is 451 g/mol. The van der Waals surface area contributed by atoms with Crippen LogP contribution >= 0.6 is 0 Å². The number of benzene rings is 3. The fourth-order valence-corrected chi connectivity index (χ4v) is 4.67. The molecule has 32 heavy (non-hydrogen) atoms. The number of sulfonamides is 1. The van der Waals surface area contributed by atoms with Crippen molar-refractivity contribution in [2.24, 2.45) is 0 Å². The van der Waals surface area contributed by atoms with Crippen LogP contribution in [0.4, 0.5) is 0 Å². The maximum absolute atomic E-state index is 13.1. The lowest BCUT2D eigenvalue weighted by atomic mass is 9.99. The Morgan fingerprint density at radius 2 is 1.50 bits per heavy atom. The molecule has 1 N–H and O–H groups in total. The molecule has 0 fully saturated rings. The smallest absolute Gasteiger partial charge is 0.243 e. The van der Waals surface area contributed by atoms with Gasteiger partial charge in [-0.05, 0) is 35.4 Å². The molecule has 3 rings (SSSR count). The van der Waals surface area contributed by atoms with Crippen molar-refractivity contribution in [3.8, 4) is 5.75 Å². The van der Waals surface area contributed by atoms with E-state index in [1.807, 2.05) is 60.7 Å². The second-order valence-corrected chi connectivity index (χ2v) is 9.02. The molecule has 0 saturated carbocycles. The first kappa shape index (κ1) is 23.2. The maximum atomic E-state index is 13.1. The third-order valence-corrected chi connectivity index (χ3v) is 6.75. The Kier molecular flexibility index (Phi) is 7.81. The molecule has 0 atom stereocenters. The molecule has 0 aliphatic heterocycles. The fraction of sp³-hybridized carbons (Fsp3) is 0.160. The van der Waals surface area contributed by atoms with Crippen LogP contribution in [0.15, 0.2) is 102 Å². The van der Waals surface area contributed by atoms with Gasteiger partial charge in [0, 0.05) is 6.54 Å². The third-order valence-electron chi connectivity index (χ3n) is 4.92. The average Bonchev–Trinajstić information content (AvgIpc) is 2.83. The van der Waals surface area contributed by atoms with Crippen molar-refractivity contribution in [3.05, 3.63) is 109 Å². The quantitative estimate of drug-likeness (QED) is 0.477. The topological polar surface area (TPSA) is 75.7 Å². The molecule has 0 unspecified atom stereocenters. The van der Waals surface area contributed by atoms with Crippen LogP contribution in [0.25, 0.3) is 0 Å². The summed E-state index contributed by atoms with van der Waals surface area (Å²) in [7, 11) is -2.39. The first-order chi connectivity index (χ1) is 15.5. The predicted molar refractivity (Wildman–Crippen MR) is 125 cm³/mol. The summed E-state index contributed by atoms with van der Waals surface area (Å²) in [5.74, 6) is 0.132. The van der Waals surface area contributed by atoms with Gasteiger partial charge in [0.2, 0.25) is 15.9 Å². The number of ether oxygens (including phenoxy) is 1. The van der Waals surface area contributed by atoms with Crippen molar-refractivity contribution in [2.75, 3.05) is 20.2 Å². The Morgan fingerprint density at radius 3 is 1.97 bits per heavy atom. The van der Waals surface area contributed by atoms with Gasteiger partial charge in [-0.3, -0.25) is 4.79 Å². The Morgan fingerprint density at radius 1 is 0.969 bits per heavy atom. The number of rotatable bonds is 10. The van der Waals surface area contributed by atoms with Crippen molar-refractivity contribution in [3.63, 3.8) is 0 Å². The lowest BCUT2D eigenvalue weighted by Crippen LogP contribution is -2.42. The molecule has 0 radical (unpaired) electrons. The summed E-state index contributed by atoms with van der Waals surface area (Å²) in [4.78, 5) is 13.1. The van der Waals surface area contributed by atoms with Gasteiger partial charge in [-0.2, -0.15) is 4.31 Å². The molecular formula is C25H26N2O4S. The van der Waals surface area contributed by atoms with E-state index in [9.17, 15) is 13.2 Å². The summed E-state index contributed by atoms with van der Waals surface area (Å²) in [5.41, 5.74) is 1.81. The van der Waals surface area contributed by atoms with Crippen LogP contribution in [0, 0.1) is 0 Å². The van der Waals surface area contributed by atoms with Crippen LogP contribution < -0.4 is 10.1 Å². The van der Waals surface area contributed by atoms with Crippen LogP contribution in [-0.4, -0.2) is 38.8 Å². The van der Waals surface area contributed by atoms with Crippen molar-refractivity contribution >= 4 is 15.9 Å². The number of carbonyl (C=O) groups excluding carboxylic acids is 1. The highest BCUT2D eigenvalue weighted by Crippen LogP contribution is 2.23. The molecule has 0 saturated heterocycles. The lowest BCUT2D eigenvalue weighted by molar-refractivity contribution is -0.121. The Bertz CT molecular complexity index is 1090. The Labute approximate surface area is 189 Å². The van der Waals surface area contributed by atoms with E-state index in [-0.39, 0.29) is 18.0 Å². The lowest BCUT2D eigenvalue weighted by Gasteiger charge is -2.24. The first-order valence-corrected chi connectivity index (χ1v) is 11.5. The third kappa shape index (κ3) is 5.63. The SMILES string of the molecule is C=CCN(CC(=O)NC(c1ccccc1)c1ccccc1)S(=O)(=O)c1ccc(OC)cc1. The van der Waals surface area contributed by atoms with Crippen molar-refractivity contribution in [1.29, 1.82) is 0 Å². The number of hydrogen-bond donors (Lipinski definition) is 1. The van der Waals surface area contributed by atoms with Gasteiger partial charge in [-0.15, -0.1) is 6.58 Å². The van der Waals surface area contributed by atoms with E-state index in [0.717, 1.165) is 15.4 Å². The molecule has 0 bridgehead atoms. The maximum Gasteiger partial charge on any atom is 0.243 e. The molecule has 7 heteroatoms. The number of carbonyl (C=O) groups is 1. The Balaban J connectivity index is 1.83. The van der Waals surface area contributed by atoms with E-state index in [1.54, 1.807) is 12.1 Å². The predicted octanol–water partition coefficient (Wildman–Crippen LogP) is 3.78. The van der Waals surface area contributed by atoms with Crippen LogP contribution in [0.5, 0.6) is 5.75 Å². The van der Waals surface area contributed by atoms with Crippen LogP contribution in [0.1, 0.15) is 17.2 Å². The zero-order valence-electron chi connectivity index (χ0n) is 17.8. The highest BCUT2D eigenvalue weighted by atomic mass is 32.2. The minimum atomic E-state index is -3.90. The molecule has 6 nitrogen and oxygen atoms in total. The molecule has 0 aliphatic rings. The highest BCUT2D eigenvalue weighted by Gasteiger charge is 2.27. The zero-order chi connectivity index (χ0) is 23.0. The van der Waals surface area contributed by atoms with Crippen molar-refractivity contribution < 1.29 is 17.9 Å². The van der Waals surface area contributed by atoms with Gasteiger partial charge in [0.25, 0.3) is 0 Å². The van der Waals surface area contributed by atoms with Crippen LogP contribution in [-0.2, 0) is 14.8 Å². The van der Waals surface area contributed by atoms with Gasteiger partial charge in [0.05, 0.1) is 24.6 Å². The normalized spacial score (nSPS) is 11.3. The number of methoxy groups -OCH3 is 1. The van der Waals surface area contributed by atoms with Crippen molar-refractivity contribution in [1.82, 2.24) is 9.62 Å². The van der Waals surface area contributed by atoms with Gasteiger partial charge in [-0.1, -0.05) is 66.7 Å². The molecule has 3 aromatic carbocycles. The zero-order valence-corrected chi connectivity index (χ0v) is 18.7. The van der Waals surface area contributed by atoms with Gasteiger partial charge in [0.1, 0.15) is 5.75 Å². The summed E-state index contributed by atoms with van der Waals surface area (Å²) in [5, 5.41) is 2.98. The Hall–Kier alpha value is -3.42. The largest absolute Gasteiger partial charge is 0.497 e. The molecule has 0 aromatic heterocycles. The van der Waals surface area contributed by atoms with Crippen molar-refractivity contribution in [2.45, 2.75) is 10.9 Å². The van der Waals surface area contributed by atoms with E-state index in [2.05, 4.69) is 11.9 Å². The number of hydrogen-bond acceptors (Lipinski definition) is 4. The van der Waals surface area contributed by atoms with E-state index in [1.165, 1.54) is 25.3 Å². The second-order valence-electron chi connectivity index (χ2n) is 7.08. The molecule has 3 aromatic rings. The van der Waals surface area contributed by atoms with Crippen LogP contribution in [0.3, 0.4) is 0 Å². The fourth-order valence-electron chi connectivity index (χ4n) is 3.31. The summed E-state index contributed by atoms with van der Waals surface area (Å²) in [6.07, 6.45) is 1.46. The van der Waals surface area contributed by atoms with Crippen LogP contribution in [0.2, 0.25) is 0 Å². The summed E-state index contributed by atoms with van der Waals surface area (Å²) >= 11 is 0. The molecule has 166 valence electrons. The minimum absolute atomic E-state index is 0.00310. The van der Waals surface area contributed by atoms with E-state index >= 15 is 0 Å². The van der Waals surface area contributed by atoms with Gasteiger partial charge in [0.15, 0.2) is 0 Å². The monoisotopic (exact) mass is 450 g/mol. The number of nitrogens with one attached hydrogen (secondary N) is 1. The molecule has 0 heterocycles. The van der Waals surface area contributed by atoms with Gasteiger partial charge in [-0.25, -0.2) is 8.42 Å². The number of amides is 1. The number of nitrogens with zero attached hydrogens (tertiary/aromatic N) is 1.